The third kappa shape index (κ3) is 4.08. The molecule has 0 aliphatic heterocycles. The monoisotopic (exact) mass is 296 g/mol. The minimum absolute atomic E-state index is 0.0789. The lowest BCUT2D eigenvalue weighted by Gasteiger charge is -2.10. The van der Waals surface area contributed by atoms with Crippen molar-refractivity contribution in [1.82, 2.24) is 0 Å². The maximum absolute atomic E-state index is 13.2. The van der Waals surface area contributed by atoms with Crippen molar-refractivity contribution in [3.8, 4) is 5.75 Å². The fraction of sp³-hybridized carbons (Fsp3) is 0.571. The molecule has 6 heteroatoms. The second-order valence-corrected chi connectivity index (χ2v) is 4.52. The summed E-state index contributed by atoms with van der Waals surface area (Å²) in [6.45, 7) is 2.00. The van der Waals surface area contributed by atoms with E-state index >= 15 is 0 Å². The first-order chi connectivity index (χ1) is 9.50. The van der Waals surface area contributed by atoms with E-state index in [9.17, 15) is 22.0 Å². The second kappa shape index (κ2) is 8.07. The van der Waals surface area contributed by atoms with Crippen molar-refractivity contribution in [1.29, 1.82) is 0 Å². The van der Waals surface area contributed by atoms with Crippen LogP contribution >= 0.6 is 0 Å². The molecule has 0 unspecified atom stereocenters. The highest BCUT2D eigenvalue weighted by Gasteiger charge is 2.26. The number of benzene rings is 1. The topological polar surface area (TPSA) is 9.23 Å². The van der Waals surface area contributed by atoms with Gasteiger partial charge in [-0.3, -0.25) is 0 Å². The zero-order valence-electron chi connectivity index (χ0n) is 11.2. The number of unbranched alkanes of at least 4 members (excludes halogenated alkanes) is 5. The SMILES string of the molecule is CCCCCCCCOc1c(F)c(F)c(F)c(F)c1F. The molecule has 0 atom stereocenters. The van der Waals surface area contributed by atoms with Crippen molar-refractivity contribution in [3.63, 3.8) is 0 Å². The van der Waals surface area contributed by atoms with Crippen LogP contribution in [0.5, 0.6) is 5.75 Å². The van der Waals surface area contributed by atoms with Crippen LogP contribution in [0.3, 0.4) is 0 Å². The number of rotatable bonds is 8. The van der Waals surface area contributed by atoms with Gasteiger partial charge in [-0.2, -0.15) is 8.78 Å². The van der Waals surface area contributed by atoms with Crippen LogP contribution in [0.15, 0.2) is 0 Å². The summed E-state index contributed by atoms with van der Waals surface area (Å²) in [6.07, 6.45) is 5.51. The normalized spacial score (nSPS) is 10.9. The van der Waals surface area contributed by atoms with Crippen molar-refractivity contribution in [2.45, 2.75) is 45.4 Å². The van der Waals surface area contributed by atoms with Gasteiger partial charge in [0.25, 0.3) is 0 Å². The maximum atomic E-state index is 13.2. The zero-order chi connectivity index (χ0) is 15.1. The molecule has 1 aromatic carbocycles. The van der Waals surface area contributed by atoms with E-state index in [1.54, 1.807) is 0 Å². The summed E-state index contributed by atoms with van der Waals surface area (Å²) in [7, 11) is 0. The number of halogens is 5. The van der Waals surface area contributed by atoms with Crippen LogP contribution < -0.4 is 4.74 Å². The van der Waals surface area contributed by atoms with Crippen molar-refractivity contribution < 1.29 is 26.7 Å². The van der Waals surface area contributed by atoms with E-state index in [1.807, 2.05) is 0 Å². The molecule has 0 radical (unpaired) electrons. The number of ether oxygens (including phenoxy) is 1. The molecule has 0 aliphatic carbocycles. The Bertz CT molecular complexity index is 419. The van der Waals surface area contributed by atoms with Gasteiger partial charge >= 0.3 is 0 Å². The summed E-state index contributed by atoms with van der Waals surface area (Å²) in [5.74, 6) is -11.2. The van der Waals surface area contributed by atoms with Crippen molar-refractivity contribution in [3.05, 3.63) is 29.1 Å². The highest BCUT2D eigenvalue weighted by Crippen LogP contribution is 2.29. The Morgan fingerprint density at radius 2 is 1.10 bits per heavy atom. The Balaban J connectivity index is 2.52. The van der Waals surface area contributed by atoms with E-state index in [-0.39, 0.29) is 6.61 Å². The van der Waals surface area contributed by atoms with Gasteiger partial charge in [-0.1, -0.05) is 39.0 Å². The molecule has 1 nitrogen and oxygen atoms in total. The third-order valence-electron chi connectivity index (χ3n) is 2.91. The molecule has 1 rings (SSSR count). The fourth-order valence-corrected chi connectivity index (χ4v) is 1.77. The minimum Gasteiger partial charge on any atom is -0.487 e. The van der Waals surface area contributed by atoms with Crippen molar-refractivity contribution >= 4 is 0 Å². The number of hydrogen-bond acceptors (Lipinski definition) is 1. The van der Waals surface area contributed by atoms with E-state index in [4.69, 9.17) is 4.74 Å². The molecule has 0 saturated heterocycles. The Labute approximate surface area is 114 Å². The summed E-state index contributed by atoms with van der Waals surface area (Å²) in [6, 6.07) is 0. The van der Waals surface area contributed by atoms with Gasteiger partial charge in [0.2, 0.25) is 29.1 Å². The lowest BCUT2D eigenvalue weighted by molar-refractivity contribution is 0.255. The molecule has 0 heterocycles. The van der Waals surface area contributed by atoms with Gasteiger partial charge in [0.1, 0.15) is 0 Å². The largest absolute Gasteiger partial charge is 0.487 e. The quantitative estimate of drug-likeness (QED) is 0.280. The molecule has 0 fully saturated rings. The molecule has 0 N–H and O–H groups in total. The highest BCUT2D eigenvalue weighted by atomic mass is 19.2. The van der Waals surface area contributed by atoms with Gasteiger partial charge in [0, 0.05) is 0 Å². The van der Waals surface area contributed by atoms with Crippen LogP contribution in [-0.2, 0) is 0 Å². The molecule has 1 aromatic rings. The Kier molecular flexibility index (Phi) is 6.75. The first kappa shape index (κ1) is 16.7. The molecule has 0 saturated carbocycles. The molecular formula is C14H17F5O. The molecule has 114 valence electrons. The standard InChI is InChI=1S/C14H17F5O/c1-2-3-4-5-6-7-8-20-14-12(18)10(16)9(15)11(17)13(14)19/h2-8H2,1H3. The van der Waals surface area contributed by atoms with Gasteiger partial charge in [-0.25, -0.2) is 13.2 Å². The summed E-state index contributed by atoms with van der Waals surface area (Å²) in [4.78, 5) is 0. The average molecular weight is 296 g/mol. The van der Waals surface area contributed by atoms with E-state index in [0.29, 0.717) is 6.42 Å². The molecule has 0 bridgehead atoms. The van der Waals surface area contributed by atoms with Gasteiger partial charge in [0.05, 0.1) is 6.61 Å². The van der Waals surface area contributed by atoms with Crippen LogP contribution in [-0.4, -0.2) is 6.61 Å². The van der Waals surface area contributed by atoms with Gasteiger partial charge in [0.15, 0.2) is 5.75 Å². The van der Waals surface area contributed by atoms with Crippen LogP contribution in [0.4, 0.5) is 22.0 Å². The van der Waals surface area contributed by atoms with E-state index in [1.165, 1.54) is 0 Å². The third-order valence-corrected chi connectivity index (χ3v) is 2.91. The molecule has 0 aromatic heterocycles. The average Bonchev–Trinajstić information content (AvgIpc) is 2.45. The van der Waals surface area contributed by atoms with Crippen LogP contribution in [0.2, 0.25) is 0 Å². The highest BCUT2D eigenvalue weighted by molar-refractivity contribution is 5.29. The summed E-state index contributed by atoms with van der Waals surface area (Å²) < 4.78 is 69.7. The van der Waals surface area contributed by atoms with Crippen LogP contribution in [0.25, 0.3) is 0 Å². The smallest absolute Gasteiger partial charge is 0.206 e. The van der Waals surface area contributed by atoms with E-state index in [2.05, 4.69) is 6.92 Å². The Hall–Kier alpha value is -1.33. The van der Waals surface area contributed by atoms with Crippen molar-refractivity contribution in [2.75, 3.05) is 6.61 Å². The molecule has 20 heavy (non-hydrogen) atoms. The van der Waals surface area contributed by atoms with Gasteiger partial charge < -0.3 is 4.74 Å². The van der Waals surface area contributed by atoms with Gasteiger partial charge in [-0.15, -0.1) is 0 Å². The number of hydrogen-bond donors (Lipinski definition) is 0. The minimum atomic E-state index is -2.17. The molecule has 0 spiro atoms. The van der Waals surface area contributed by atoms with Crippen LogP contribution in [0.1, 0.15) is 45.4 Å². The molecular weight excluding hydrogens is 279 g/mol. The van der Waals surface area contributed by atoms with Crippen LogP contribution in [0, 0.1) is 29.1 Å². The lowest BCUT2D eigenvalue weighted by atomic mass is 10.1. The maximum Gasteiger partial charge on any atom is 0.206 e. The second-order valence-electron chi connectivity index (χ2n) is 4.52. The first-order valence-electron chi connectivity index (χ1n) is 6.64. The lowest BCUT2D eigenvalue weighted by Crippen LogP contribution is -2.08. The zero-order valence-corrected chi connectivity index (χ0v) is 11.2. The van der Waals surface area contributed by atoms with Crippen molar-refractivity contribution in [2.24, 2.45) is 0 Å². The Morgan fingerprint density at radius 1 is 0.650 bits per heavy atom. The predicted octanol–water partition coefficient (Wildman–Crippen LogP) is 5.12. The summed E-state index contributed by atoms with van der Waals surface area (Å²) >= 11 is 0. The molecule has 0 aliphatic rings. The fourth-order valence-electron chi connectivity index (χ4n) is 1.77. The van der Waals surface area contributed by atoms with E-state index < -0.39 is 34.8 Å². The van der Waals surface area contributed by atoms with E-state index in [0.717, 1.165) is 32.1 Å². The first-order valence-corrected chi connectivity index (χ1v) is 6.64. The predicted molar refractivity (Wildman–Crippen MR) is 65.1 cm³/mol. The summed E-state index contributed by atoms with van der Waals surface area (Å²) in [5.41, 5.74) is 0. The summed E-state index contributed by atoms with van der Waals surface area (Å²) in [5, 5.41) is 0. The van der Waals surface area contributed by atoms with Gasteiger partial charge in [-0.05, 0) is 6.42 Å². The Morgan fingerprint density at radius 3 is 1.65 bits per heavy atom. The molecule has 0 amide bonds.